The minimum absolute atomic E-state index is 0.247. The van der Waals surface area contributed by atoms with E-state index in [-0.39, 0.29) is 5.75 Å². The first-order chi connectivity index (χ1) is 12.0. The average molecular weight is 341 g/mol. The Balaban J connectivity index is 1.41. The summed E-state index contributed by atoms with van der Waals surface area (Å²) < 4.78 is 5.71. The standard InChI is InChI=1S/C21H27NO3/c1-17-2-4-18(5-3-17)16-21(24)10-12-22(13-11-21)14-15-25-20-8-6-19(23)7-9-20/h2-9,23-24H,10-16H2,1H3. The molecule has 0 bridgehead atoms. The van der Waals surface area contributed by atoms with Gasteiger partial charge in [-0.1, -0.05) is 29.8 Å². The van der Waals surface area contributed by atoms with Crippen molar-refractivity contribution in [3.8, 4) is 11.5 Å². The molecule has 134 valence electrons. The van der Waals surface area contributed by atoms with Gasteiger partial charge in [0.25, 0.3) is 0 Å². The summed E-state index contributed by atoms with van der Waals surface area (Å²) in [5, 5.41) is 20.1. The van der Waals surface area contributed by atoms with Crippen molar-refractivity contribution < 1.29 is 14.9 Å². The minimum Gasteiger partial charge on any atom is -0.508 e. The molecule has 0 saturated carbocycles. The molecule has 2 aromatic carbocycles. The molecule has 1 saturated heterocycles. The first-order valence-electron chi connectivity index (χ1n) is 8.95. The summed E-state index contributed by atoms with van der Waals surface area (Å²) in [5.41, 5.74) is 1.86. The summed E-state index contributed by atoms with van der Waals surface area (Å²) in [6, 6.07) is 15.2. The zero-order chi connectivity index (χ0) is 17.7. The van der Waals surface area contributed by atoms with E-state index in [0.29, 0.717) is 6.61 Å². The third kappa shape index (κ3) is 5.21. The van der Waals surface area contributed by atoms with Crippen LogP contribution in [-0.2, 0) is 6.42 Å². The van der Waals surface area contributed by atoms with Crippen LogP contribution < -0.4 is 4.74 Å². The number of benzene rings is 2. The summed E-state index contributed by atoms with van der Waals surface area (Å²) in [7, 11) is 0. The zero-order valence-corrected chi connectivity index (χ0v) is 14.8. The number of rotatable bonds is 6. The van der Waals surface area contributed by atoms with Crippen LogP contribution in [0.3, 0.4) is 0 Å². The van der Waals surface area contributed by atoms with Crippen molar-refractivity contribution >= 4 is 0 Å². The molecule has 1 heterocycles. The fourth-order valence-corrected chi connectivity index (χ4v) is 3.29. The van der Waals surface area contributed by atoms with Crippen LogP contribution in [0.2, 0.25) is 0 Å². The smallest absolute Gasteiger partial charge is 0.119 e. The van der Waals surface area contributed by atoms with Gasteiger partial charge in [0.15, 0.2) is 0 Å². The normalized spacial score (nSPS) is 17.4. The second kappa shape index (κ2) is 7.89. The lowest BCUT2D eigenvalue weighted by atomic mass is 9.85. The molecule has 2 aromatic rings. The highest BCUT2D eigenvalue weighted by Gasteiger charge is 2.32. The number of aliphatic hydroxyl groups is 1. The summed E-state index contributed by atoms with van der Waals surface area (Å²) in [4.78, 5) is 2.34. The molecule has 2 N–H and O–H groups in total. The van der Waals surface area contributed by atoms with Gasteiger partial charge >= 0.3 is 0 Å². The molecule has 0 aromatic heterocycles. The Labute approximate surface area is 149 Å². The number of aromatic hydroxyl groups is 1. The fraction of sp³-hybridized carbons (Fsp3) is 0.429. The first kappa shape index (κ1) is 17.8. The zero-order valence-electron chi connectivity index (χ0n) is 14.8. The highest BCUT2D eigenvalue weighted by Crippen LogP contribution is 2.26. The van der Waals surface area contributed by atoms with Gasteiger partial charge in [0.05, 0.1) is 5.60 Å². The van der Waals surface area contributed by atoms with E-state index in [1.165, 1.54) is 11.1 Å². The molecule has 4 heteroatoms. The lowest BCUT2D eigenvalue weighted by molar-refractivity contribution is -0.0226. The van der Waals surface area contributed by atoms with Gasteiger partial charge in [-0.2, -0.15) is 0 Å². The fourth-order valence-electron chi connectivity index (χ4n) is 3.29. The summed E-state index contributed by atoms with van der Waals surface area (Å²) in [6.07, 6.45) is 2.31. The number of hydrogen-bond acceptors (Lipinski definition) is 4. The number of ether oxygens (including phenoxy) is 1. The van der Waals surface area contributed by atoms with Gasteiger partial charge in [0.1, 0.15) is 18.1 Å². The van der Waals surface area contributed by atoms with Crippen LogP contribution >= 0.6 is 0 Å². The molecule has 3 rings (SSSR count). The predicted octanol–water partition coefficient (Wildman–Crippen LogP) is 3.15. The van der Waals surface area contributed by atoms with E-state index in [2.05, 4.69) is 36.1 Å². The molecule has 0 amide bonds. The number of piperidine rings is 1. The van der Waals surface area contributed by atoms with Gasteiger partial charge in [-0.3, -0.25) is 4.90 Å². The topological polar surface area (TPSA) is 52.9 Å². The van der Waals surface area contributed by atoms with Crippen molar-refractivity contribution in [2.45, 2.75) is 31.8 Å². The average Bonchev–Trinajstić information content (AvgIpc) is 2.61. The molecule has 0 aliphatic carbocycles. The highest BCUT2D eigenvalue weighted by molar-refractivity contribution is 5.30. The highest BCUT2D eigenvalue weighted by atomic mass is 16.5. The van der Waals surface area contributed by atoms with Gasteiger partial charge < -0.3 is 14.9 Å². The minimum atomic E-state index is -0.594. The van der Waals surface area contributed by atoms with E-state index < -0.39 is 5.60 Å². The van der Waals surface area contributed by atoms with Gasteiger partial charge in [-0.05, 0) is 49.6 Å². The van der Waals surface area contributed by atoms with E-state index in [0.717, 1.165) is 44.6 Å². The molecule has 1 fully saturated rings. The van der Waals surface area contributed by atoms with Gasteiger partial charge in [-0.15, -0.1) is 0 Å². The Morgan fingerprint density at radius 1 is 1.00 bits per heavy atom. The number of nitrogens with zero attached hydrogens (tertiary/aromatic N) is 1. The van der Waals surface area contributed by atoms with Crippen molar-refractivity contribution in [2.75, 3.05) is 26.2 Å². The number of phenolic OH excluding ortho intramolecular Hbond substituents is 1. The molecule has 0 unspecified atom stereocenters. The van der Waals surface area contributed by atoms with Crippen LogP contribution in [0.4, 0.5) is 0 Å². The number of aryl methyl sites for hydroxylation is 1. The maximum Gasteiger partial charge on any atom is 0.119 e. The molecule has 0 radical (unpaired) electrons. The molecular weight excluding hydrogens is 314 g/mol. The molecule has 4 nitrogen and oxygen atoms in total. The van der Waals surface area contributed by atoms with Crippen LogP contribution in [0, 0.1) is 6.92 Å². The van der Waals surface area contributed by atoms with E-state index in [1.54, 1.807) is 24.3 Å². The third-order valence-corrected chi connectivity index (χ3v) is 4.95. The van der Waals surface area contributed by atoms with E-state index in [1.807, 2.05) is 0 Å². The Morgan fingerprint density at radius 3 is 2.28 bits per heavy atom. The van der Waals surface area contributed by atoms with Crippen LogP contribution in [-0.4, -0.2) is 47.0 Å². The van der Waals surface area contributed by atoms with Crippen molar-refractivity contribution in [3.63, 3.8) is 0 Å². The van der Waals surface area contributed by atoms with E-state index in [4.69, 9.17) is 4.74 Å². The van der Waals surface area contributed by atoms with Crippen molar-refractivity contribution in [1.82, 2.24) is 4.90 Å². The monoisotopic (exact) mass is 341 g/mol. The quantitative estimate of drug-likeness (QED) is 0.847. The predicted molar refractivity (Wildman–Crippen MR) is 99.1 cm³/mol. The molecule has 0 spiro atoms. The second-order valence-corrected chi connectivity index (χ2v) is 7.07. The Hall–Kier alpha value is -2.04. The maximum atomic E-state index is 10.9. The number of hydrogen-bond donors (Lipinski definition) is 2. The Kier molecular flexibility index (Phi) is 5.61. The SMILES string of the molecule is Cc1ccc(CC2(O)CCN(CCOc3ccc(O)cc3)CC2)cc1. The second-order valence-electron chi connectivity index (χ2n) is 7.07. The van der Waals surface area contributed by atoms with Crippen LogP contribution in [0.1, 0.15) is 24.0 Å². The van der Waals surface area contributed by atoms with E-state index >= 15 is 0 Å². The number of phenols is 1. The van der Waals surface area contributed by atoms with E-state index in [9.17, 15) is 10.2 Å². The maximum absolute atomic E-state index is 10.9. The van der Waals surface area contributed by atoms with Gasteiger partial charge in [0, 0.05) is 26.1 Å². The Bertz CT molecular complexity index is 659. The van der Waals surface area contributed by atoms with Crippen molar-refractivity contribution in [3.05, 3.63) is 59.7 Å². The molecule has 1 aliphatic rings. The van der Waals surface area contributed by atoms with Crippen molar-refractivity contribution in [1.29, 1.82) is 0 Å². The summed E-state index contributed by atoms with van der Waals surface area (Å²) in [5.74, 6) is 1.02. The van der Waals surface area contributed by atoms with Crippen LogP contribution in [0.15, 0.2) is 48.5 Å². The van der Waals surface area contributed by atoms with Gasteiger partial charge in [0.2, 0.25) is 0 Å². The van der Waals surface area contributed by atoms with Gasteiger partial charge in [-0.25, -0.2) is 0 Å². The van der Waals surface area contributed by atoms with Crippen molar-refractivity contribution in [2.24, 2.45) is 0 Å². The lowest BCUT2D eigenvalue weighted by Gasteiger charge is -2.38. The lowest BCUT2D eigenvalue weighted by Crippen LogP contribution is -2.46. The molecule has 0 atom stereocenters. The largest absolute Gasteiger partial charge is 0.508 e. The van der Waals surface area contributed by atoms with Crippen LogP contribution in [0.25, 0.3) is 0 Å². The molecular formula is C21H27NO3. The first-order valence-corrected chi connectivity index (χ1v) is 8.95. The third-order valence-electron chi connectivity index (χ3n) is 4.95. The summed E-state index contributed by atoms with van der Waals surface area (Å²) in [6.45, 7) is 5.32. The Morgan fingerprint density at radius 2 is 1.64 bits per heavy atom. The van der Waals surface area contributed by atoms with Crippen LogP contribution in [0.5, 0.6) is 11.5 Å². The molecule has 1 aliphatic heterocycles. The number of likely N-dealkylation sites (tertiary alicyclic amines) is 1. The summed E-state index contributed by atoms with van der Waals surface area (Å²) >= 11 is 0. The molecule has 25 heavy (non-hydrogen) atoms.